The Kier molecular flexibility index (Phi) is 6.25. The lowest BCUT2D eigenvalue weighted by atomic mass is 9.69. The highest BCUT2D eigenvalue weighted by molar-refractivity contribution is 9.09. The number of alkyl halides is 1. The molecule has 0 aliphatic heterocycles. The molecule has 20 heavy (non-hydrogen) atoms. The van der Waals surface area contributed by atoms with Crippen LogP contribution >= 0.6 is 15.9 Å². The smallest absolute Gasteiger partial charge is 0.303 e. The van der Waals surface area contributed by atoms with Crippen molar-refractivity contribution >= 4 is 21.9 Å². The topological polar surface area (TPSA) is 26.3 Å². The van der Waals surface area contributed by atoms with Crippen LogP contribution in [0, 0.1) is 11.3 Å². The van der Waals surface area contributed by atoms with Gasteiger partial charge in [-0.2, -0.15) is 0 Å². The first kappa shape index (κ1) is 17.2. The van der Waals surface area contributed by atoms with E-state index in [0.29, 0.717) is 11.2 Å². The number of carbonyl (C=O) groups excluding carboxylic acids is 1. The maximum absolute atomic E-state index is 11.1. The van der Waals surface area contributed by atoms with Crippen molar-refractivity contribution in [2.24, 2.45) is 11.3 Å². The van der Waals surface area contributed by atoms with Gasteiger partial charge >= 0.3 is 5.97 Å². The number of hydrogen-bond donors (Lipinski definition) is 0. The quantitative estimate of drug-likeness (QED) is 0.408. The average Bonchev–Trinajstić information content (AvgIpc) is 2.34. The van der Waals surface area contributed by atoms with E-state index in [0.717, 1.165) is 18.4 Å². The third kappa shape index (κ3) is 4.62. The second kappa shape index (κ2) is 7.26. The van der Waals surface area contributed by atoms with E-state index in [4.69, 9.17) is 4.74 Å². The fraction of sp³-hybridized carbons (Fsp3) is 0.588. The van der Waals surface area contributed by atoms with E-state index in [1.807, 2.05) is 6.92 Å². The fourth-order valence-electron chi connectivity index (χ4n) is 2.65. The van der Waals surface area contributed by atoms with Gasteiger partial charge in [0.05, 0.1) is 0 Å². The van der Waals surface area contributed by atoms with Crippen molar-refractivity contribution < 1.29 is 9.53 Å². The van der Waals surface area contributed by atoms with E-state index in [2.05, 4.69) is 54.6 Å². The molecule has 0 saturated heterocycles. The van der Waals surface area contributed by atoms with Gasteiger partial charge in [0.25, 0.3) is 0 Å². The van der Waals surface area contributed by atoms with E-state index in [1.54, 1.807) is 0 Å². The highest BCUT2D eigenvalue weighted by Crippen LogP contribution is 2.41. The van der Waals surface area contributed by atoms with E-state index in [-0.39, 0.29) is 17.5 Å². The largest absolute Gasteiger partial charge is 0.457 e. The van der Waals surface area contributed by atoms with Crippen LogP contribution in [0.25, 0.3) is 0 Å². The van der Waals surface area contributed by atoms with Gasteiger partial charge in [0.15, 0.2) is 0 Å². The molecule has 2 atom stereocenters. The van der Waals surface area contributed by atoms with Crippen LogP contribution in [0.15, 0.2) is 36.0 Å². The highest BCUT2D eigenvalue weighted by atomic mass is 79.9. The Morgan fingerprint density at radius 2 is 2.25 bits per heavy atom. The van der Waals surface area contributed by atoms with Gasteiger partial charge in [0.2, 0.25) is 0 Å². The predicted molar refractivity (Wildman–Crippen MR) is 87.9 cm³/mol. The minimum absolute atomic E-state index is 0.136. The zero-order valence-electron chi connectivity index (χ0n) is 12.9. The Morgan fingerprint density at radius 1 is 1.60 bits per heavy atom. The summed E-state index contributed by atoms with van der Waals surface area (Å²) < 4.78 is 5.29. The Labute approximate surface area is 131 Å². The van der Waals surface area contributed by atoms with Crippen molar-refractivity contribution in [3.63, 3.8) is 0 Å². The van der Waals surface area contributed by atoms with Gasteiger partial charge in [0, 0.05) is 12.3 Å². The minimum atomic E-state index is -0.243. The molecular weight excluding hydrogens is 316 g/mol. The molecule has 0 saturated carbocycles. The number of ether oxygens (including phenoxy) is 1. The van der Waals surface area contributed by atoms with Crippen LogP contribution in [0.5, 0.6) is 0 Å². The normalized spacial score (nSPS) is 23.6. The molecule has 112 valence electrons. The first-order valence-corrected chi connectivity index (χ1v) is 8.15. The Bertz CT molecular complexity index is 432. The maximum atomic E-state index is 11.1. The van der Waals surface area contributed by atoms with Gasteiger partial charge in [-0.25, -0.2) is 0 Å². The summed E-state index contributed by atoms with van der Waals surface area (Å²) >= 11 is 3.40. The number of halogens is 1. The predicted octanol–water partition coefficient (Wildman–Crippen LogP) is 4.81. The van der Waals surface area contributed by atoms with Crippen LogP contribution in [0.1, 0.15) is 40.5 Å². The molecule has 2 unspecified atom stereocenters. The number of carbonyl (C=O) groups is 1. The van der Waals surface area contributed by atoms with Gasteiger partial charge in [0.1, 0.15) is 6.10 Å². The molecule has 1 aliphatic carbocycles. The average molecular weight is 341 g/mol. The molecule has 0 amide bonds. The SMILES string of the molecule is C=C1CC=CC(C)(C)C1C/C=C(/C)C(CBr)OC(C)=O. The van der Waals surface area contributed by atoms with Crippen LogP contribution < -0.4 is 0 Å². The molecule has 1 rings (SSSR count). The first-order valence-electron chi connectivity index (χ1n) is 7.03. The summed E-state index contributed by atoms with van der Waals surface area (Å²) in [4.78, 5) is 11.1. The van der Waals surface area contributed by atoms with Crippen molar-refractivity contribution in [1.82, 2.24) is 0 Å². The molecule has 0 N–H and O–H groups in total. The molecule has 0 spiro atoms. The standard InChI is InChI=1S/C17H25BrO2/c1-12-7-6-10-17(4,5)15(12)9-8-13(2)16(11-18)20-14(3)19/h6,8,10,15-16H,1,7,9,11H2,2-5H3/b13-8-. The molecule has 0 aromatic heterocycles. The lowest BCUT2D eigenvalue weighted by Crippen LogP contribution is -2.26. The maximum Gasteiger partial charge on any atom is 0.303 e. The van der Waals surface area contributed by atoms with Gasteiger partial charge in [-0.15, -0.1) is 0 Å². The summed E-state index contributed by atoms with van der Waals surface area (Å²) in [5.74, 6) is 0.197. The van der Waals surface area contributed by atoms with Crippen molar-refractivity contribution in [3.05, 3.63) is 36.0 Å². The number of allylic oxidation sites excluding steroid dienone is 4. The third-order valence-electron chi connectivity index (χ3n) is 3.95. The fourth-order valence-corrected chi connectivity index (χ4v) is 3.29. The second-order valence-corrected chi connectivity index (χ2v) is 6.72. The van der Waals surface area contributed by atoms with E-state index in [1.165, 1.54) is 12.5 Å². The molecule has 3 heteroatoms. The summed E-state index contributed by atoms with van der Waals surface area (Å²) in [6.07, 6.45) is 8.40. The lowest BCUT2D eigenvalue weighted by molar-refractivity contribution is -0.143. The molecule has 0 fully saturated rings. The Morgan fingerprint density at radius 3 is 2.75 bits per heavy atom. The van der Waals surface area contributed by atoms with Gasteiger partial charge in [-0.1, -0.05) is 60.2 Å². The molecule has 2 nitrogen and oxygen atoms in total. The van der Waals surface area contributed by atoms with E-state index >= 15 is 0 Å². The molecule has 0 aromatic carbocycles. The van der Waals surface area contributed by atoms with Crippen LogP contribution in [-0.4, -0.2) is 17.4 Å². The van der Waals surface area contributed by atoms with E-state index in [9.17, 15) is 4.79 Å². The molecule has 1 aliphatic rings. The Hall–Kier alpha value is -0.830. The van der Waals surface area contributed by atoms with Crippen LogP contribution in [0.2, 0.25) is 0 Å². The molecule has 0 radical (unpaired) electrons. The second-order valence-electron chi connectivity index (χ2n) is 6.07. The van der Waals surface area contributed by atoms with Crippen molar-refractivity contribution in [2.75, 3.05) is 5.33 Å². The zero-order chi connectivity index (χ0) is 15.3. The van der Waals surface area contributed by atoms with E-state index < -0.39 is 0 Å². The minimum Gasteiger partial charge on any atom is -0.457 e. The van der Waals surface area contributed by atoms with Gasteiger partial charge < -0.3 is 4.74 Å². The number of esters is 1. The summed E-state index contributed by atoms with van der Waals surface area (Å²) in [7, 11) is 0. The summed E-state index contributed by atoms with van der Waals surface area (Å²) in [5.41, 5.74) is 2.51. The van der Waals surface area contributed by atoms with Gasteiger partial charge in [-0.05, 0) is 36.7 Å². The molecular formula is C17H25BrO2. The molecule has 0 heterocycles. The highest BCUT2D eigenvalue weighted by Gasteiger charge is 2.30. The monoisotopic (exact) mass is 340 g/mol. The number of hydrogen-bond acceptors (Lipinski definition) is 2. The first-order chi connectivity index (χ1) is 9.27. The van der Waals surface area contributed by atoms with Crippen LogP contribution in [0.4, 0.5) is 0 Å². The molecule has 0 bridgehead atoms. The zero-order valence-corrected chi connectivity index (χ0v) is 14.5. The summed E-state index contributed by atoms with van der Waals surface area (Å²) in [6.45, 7) is 12.2. The third-order valence-corrected chi connectivity index (χ3v) is 4.54. The summed E-state index contributed by atoms with van der Waals surface area (Å²) in [6, 6.07) is 0. The van der Waals surface area contributed by atoms with Crippen LogP contribution in [0.3, 0.4) is 0 Å². The number of rotatable bonds is 5. The van der Waals surface area contributed by atoms with Crippen molar-refractivity contribution in [3.8, 4) is 0 Å². The van der Waals surface area contributed by atoms with Gasteiger partial charge in [-0.3, -0.25) is 4.79 Å². The van der Waals surface area contributed by atoms with Crippen LogP contribution in [-0.2, 0) is 9.53 Å². The lowest BCUT2D eigenvalue weighted by Gasteiger charge is -2.36. The van der Waals surface area contributed by atoms with Crippen molar-refractivity contribution in [1.29, 1.82) is 0 Å². The Balaban J connectivity index is 2.76. The summed E-state index contributed by atoms with van der Waals surface area (Å²) in [5, 5.41) is 0.629. The molecule has 0 aromatic rings. The van der Waals surface area contributed by atoms with Crippen molar-refractivity contribution in [2.45, 2.75) is 46.6 Å².